The molecule has 0 radical (unpaired) electrons. The van der Waals surface area contributed by atoms with Crippen LogP contribution in [0, 0.1) is 17.3 Å². The Balaban J connectivity index is 1.80. The molecule has 98 valence electrons. The van der Waals surface area contributed by atoms with Crippen molar-refractivity contribution >= 4 is 0 Å². The molecule has 0 aromatic heterocycles. The van der Waals surface area contributed by atoms with Gasteiger partial charge in [0.2, 0.25) is 0 Å². The Morgan fingerprint density at radius 2 is 1.71 bits per heavy atom. The van der Waals surface area contributed by atoms with Gasteiger partial charge in [-0.25, -0.2) is 0 Å². The SMILES string of the molecule is CC1(C)CCC(N)(C2(O)CC3CCC2C3)CC1. The van der Waals surface area contributed by atoms with Crippen LogP contribution in [0.15, 0.2) is 0 Å². The van der Waals surface area contributed by atoms with Crippen LogP contribution in [0.5, 0.6) is 0 Å². The quantitative estimate of drug-likeness (QED) is 0.736. The van der Waals surface area contributed by atoms with Crippen LogP contribution in [0.4, 0.5) is 0 Å². The van der Waals surface area contributed by atoms with E-state index in [2.05, 4.69) is 13.8 Å². The van der Waals surface area contributed by atoms with Crippen molar-refractivity contribution < 1.29 is 5.11 Å². The van der Waals surface area contributed by atoms with Crippen LogP contribution in [0.1, 0.15) is 65.2 Å². The molecule has 0 aromatic rings. The summed E-state index contributed by atoms with van der Waals surface area (Å²) in [6.07, 6.45) is 9.12. The van der Waals surface area contributed by atoms with Gasteiger partial charge in [-0.15, -0.1) is 0 Å². The Morgan fingerprint density at radius 3 is 2.18 bits per heavy atom. The van der Waals surface area contributed by atoms with Crippen LogP contribution >= 0.6 is 0 Å². The van der Waals surface area contributed by atoms with Crippen molar-refractivity contribution in [1.82, 2.24) is 0 Å². The lowest BCUT2D eigenvalue weighted by Gasteiger charge is -2.52. The van der Waals surface area contributed by atoms with Crippen molar-refractivity contribution in [3.63, 3.8) is 0 Å². The van der Waals surface area contributed by atoms with Gasteiger partial charge in [-0.3, -0.25) is 0 Å². The summed E-state index contributed by atoms with van der Waals surface area (Å²) in [5.74, 6) is 1.26. The molecule has 17 heavy (non-hydrogen) atoms. The standard InChI is InChI=1S/C15H27NO/c1-13(2)5-7-14(16,8-6-13)15(17)10-11-3-4-12(15)9-11/h11-12,17H,3-10,16H2,1-2H3. The zero-order valence-electron chi connectivity index (χ0n) is 11.3. The third-order valence-electron chi connectivity index (χ3n) is 6.17. The van der Waals surface area contributed by atoms with E-state index in [1.807, 2.05) is 0 Å². The zero-order valence-corrected chi connectivity index (χ0v) is 11.3. The van der Waals surface area contributed by atoms with E-state index in [9.17, 15) is 5.11 Å². The highest BCUT2D eigenvalue weighted by molar-refractivity contribution is 5.15. The first-order chi connectivity index (χ1) is 7.85. The first-order valence-electron chi connectivity index (χ1n) is 7.36. The van der Waals surface area contributed by atoms with Crippen molar-refractivity contribution in [2.24, 2.45) is 23.0 Å². The minimum absolute atomic E-state index is 0.289. The molecular formula is C15H27NO. The van der Waals surface area contributed by atoms with E-state index in [0.29, 0.717) is 11.3 Å². The predicted molar refractivity (Wildman–Crippen MR) is 69.6 cm³/mol. The van der Waals surface area contributed by atoms with Gasteiger partial charge in [0, 0.05) is 5.54 Å². The molecule has 2 nitrogen and oxygen atoms in total. The molecule has 3 aliphatic rings. The highest BCUT2D eigenvalue weighted by Crippen LogP contribution is 2.58. The second-order valence-electron chi connectivity index (χ2n) is 7.82. The van der Waals surface area contributed by atoms with Crippen molar-refractivity contribution in [3.8, 4) is 0 Å². The lowest BCUT2D eigenvalue weighted by molar-refractivity contribution is -0.101. The van der Waals surface area contributed by atoms with Crippen LogP contribution in [-0.2, 0) is 0 Å². The molecule has 3 rings (SSSR count). The summed E-state index contributed by atoms with van der Waals surface area (Å²) in [7, 11) is 0. The van der Waals surface area contributed by atoms with Gasteiger partial charge in [-0.1, -0.05) is 13.8 Å². The van der Waals surface area contributed by atoms with E-state index in [-0.39, 0.29) is 5.54 Å². The van der Waals surface area contributed by atoms with E-state index < -0.39 is 5.60 Å². The van der Waals surface area contributed by atoms with E-state index in [1.165, 1.54) is 32.1 Å². The molecule has 0 heterocycles. The highest BCUT2D eigenvalue weighted by atomic mass is 16.3. The van der Waals surface area contributed by atoms with E-state index in [0.717, 1.165) is 25.2 Å². The molecule has 0 spiro atoms. The smallest absolute Gasteiger partial charge is 0.0857 e. The van der Waals surface area contributed by atoms with Gasteiger partial charge in [0.05, 0.1) is 5.60 Å². The fourth-order valence-electron chi connectivity index (χ4n) is 4.72. The summed E-state index contributed by atoms with van der Waals surface area (Å²) >= 11 is 0. The van der Waals surface area contributed by atoms with Gasteiger partial charge in [0.1, 0.15) is 0 Å². The third kappa shape index (κ3) is 1.67. The van der Waals surface area contributed by atoms with Gasteiger partial charge < -0.3 is 10.8 Å². The molecule has 0 amide bonds. The van der Waals surface area contributed by atoms with Crippen LogP contribution in [-0.4, -0.2) is 16.2 Å². The zero-order chi connectivity index (χ0) is 12.3. The molecular weight excluding hydrogens is 210 g/mol. The number of aliphatic hydroxyl groups is 1. The summed E-state index contributed by atoms with van der Waals surface area (Å²) in [6.45, 7) is 4.66. The van der Waals surface area contributed by atoms with Crippen molar-refractivity contribution in [2.75, 3.05) is 0 Å². The van der Waals surface area contributed by atoms with Crippen LogP contribution < -0.4 is 5.73 Å². The normalized spacial score (nSPS) is 47.3. The molecule has 0 aliphatic heterocycles. The maximum absolute atomic E-state index is 11.1. The van der Waals surface area contributed by atoms with Gasteiger partial charge in [0.15, 0.2) is 0 Å². The Labute approximate surface area is 105 Å². The van der Waals surface area contributed by atoms with Gasteiger partial charge in [0.25, 0.3) is 0 Å². The van der Waals surface area contributed by atoms with Crippen molar-refractivity contribution in [2.45, 2.75) is 76.4 Å². The largest absolute Gasteiger partial charge is 0.388 e. The number of rotatable bonds is 1. The summed E-state index contributed by atoms with van der Waals surface area (Å²) in [5.41, 5.74) is 6.26. The fraction of sp³-hybridized carbons (Fsp3) is 1.00. The van der Waals surface area contributed by atoms with Crippen LogP contribution in [0.3, 0.4) is 0 Å². The average molecular weight is 237 g/mol. The summed E-state index contributed by atoms with van der Waals surface area (Å²) in [6, 6.07) is 0. The third-order valence-corrected chi connectivity index (χ3v) is 6.17. The molecule has 3 fully saturated rings. The topological polar surface area (TPSA) is 46.2 Å². The Kier molecular flexibility index (Phi) is 2.45. The number of hydrogen-bond acceptors (Lipinski definition) is 2. The van der Waals surface area contributed by atoms with E-state index in [1.54, 1.807) is 0 Å². The fourth-order valence-corrected chi connectivity index (χ4v) is 4.72. The van der Waals surface area contributed by atoms with Gasteiger partial charge in [-0.2, -0.15) is 0 Å². The highest BCUT2D eigenvalue weighted by Gasteiger charge is 2.60. The van der Waals surface area contributed by atoms with E-state index >= 15 is 0 Å². The molecule has 3 unspecified atom stereocenters. The van der Waals surface area contributed by atoms with E-state index in [4.69, 9.17) is 5.73 Å². The van der Waals surface area contributed by atoms with Gasteiger partial charge >= 0.3 is 0 Å². The van der Waals surface area contributed by atoms with Crippen LogP contribution in [0.2, 0.25) is 0 Å². The lowest BCUT2D eigenvalue weighted by atomic mass is 9.60. The molecule has 3 aliphatic carbocycles. The minimum Gasteiger partial charge on any atom is -0.388 e. The molecule has 2 heteroatoms. The Hall–Kier alpha value is -0.0800. The van der Waals surface area contributed by atoms with Gasteiger partial charge in [-0.05, 0) is 68.6 Å². The maximum Gasteiger partial charge on any atom is 0.0857 e. The average Bonchev–Trinajstić information content (AvgIpc) is 2.83. The minimum atomic E-state index is -0.535. The first kappa shape index (κ1) is 12.0. The second-order valence-corrected chi connectivity index (χ2v) is 7.82. The lowest BCUT2D eigenvalue weighted by Crippen LogP contribution is -2.64. The molecule has 2 bridgehead atoms. The van der Waals surface area contributed by atoms with Crippen molar-refractivity contribution in [1.29, 1.82) is 0 Å². The van der Waals surface area contributed by atoms with Crippen molar-refractivity contribution in [3.05, 3.63) is 0 Å². The summed E-state index contributed by atoms with van der Waals surface area (Å²) in [5, 5.41) is 11.1. The number of fused-ring (bicyclic) bond motifs is 2. The molecule has 0 aromatic carbocycles. The second kappa shape index (κ2) is 3.48. The summed E-state index contributed by atoms with van der Waals surface area (Å²) in [4.78, 5) is 0. The Bertz CT molecular complexity index is 315. The van der Waals surface area contributed by atoms with Crippen LogP contribution in [0.25, 0.3) is 0 Å². The molecule has 3 atom stereocenters. The molecule has 3 saturated carbocycles. The monoisotopic (exact) mass is 237 g/mol. The molecule has 3 N–H and O–H groups in total. The number of nitrogens with two attached hydrogens (primary N) is 1. The number of hydrogen-bond donors (Lipinski definition) is 2. The maximum atomic E-state index is 11.1. The predicted octanol–water partition coefficient (Wildman–Crippen LogP) is 2.84. The Morgan fingerprint density at radius 1 is 1.06 bits per heavy atom. The summed E-state index contributed by atoms with van der Waals surface area (Å²) < 4.78 is 0. The molecule has 0 saturated heterocycles. The first-order valence-corrected chi connectivity index (χ1v) is 7.36.